The minimum atomic E-state index is -0.203. The van der Waals surface area contributed by atoms with Gasteiger partial charge in [-0.3, -0.25) is 9.59 Å². The number of nitrogens with zero attached hydrogens (tertiary/aromatic N) is 1. The van der Waals surface area contributed by atoms with Crippen molar-refractivity contribution in [3.8, 4) is 0 Å². The molecule has 0 radical (unpaired) electrons. The van der Waals surface area contributed by atoms with Gasteiger partial charge in [0.15, 0.2) is 0 Å². The van der Waals surface area contributed by atoms with Crippen molar-refractivity contribution in [3.63, 3.8) is 0 Å². The third-order valence-corrected chi connectivity index (χ3v) is 6.25. The molecule has 1 heterocycles. The Kier molecular flexibility index (Phi) is 4.77. The summed E-state index contributed by atoms with van der Waals surface area (Å²) in [6.45, 7) is 2.94. The van der Waals surface area contributed by atoms with Crippen LogP contribution in [0.4, 0.5) is 0 Å². The summed E-state index contributed by atoms with van der Waals surface area (Å²) in [5.41, 5.74) is 0. The number of likely N-dealkylation sites (tertiary alicyclic amines) is 1. The van der Waals surface area contributed by atoms with Gasteiger partial charge in [0, 0.05) is 23.8 Å². The van der Waals surface area contributed by atoms with Gasteiger partial charge in [-0.1, -0.05) is 13.3 Å². The molecule has 5 heteroatoms. The Labute approximate surface area is 131 Å². The van der Waals surface area contributed by atoms with Crippen molar-refractivity contribution in [2.75, 3.05) is 12.3 Å². The molecule has 1 saturated heterocycles. The molecule has 0 aromatic heterocycles. The lowest BCUT2D eigenvalue weighted by Gasteiger charge is -2.27. The molecular weight excluding hydrogens is 284 g/mol. The lowest BCUT2D eigenvalue weighted by Crippen LogP contribution is -2.50. The first-order chi connectivity index (χ1) is 10.2. The van der Waals surface area contributed by atoms with Crippen LogP contribution in [0.2, 0.25) is 0 Å². The maximum absolute atomic E-state index is 12.6. The third-order valence-electron chi connectivity index (χ3n) is 4.93. The summed E-state index contributed by atoms with van der Waals surface area (Å²) >= 11 is 1.96. The van der Waals surface area contributed by atoms with Crippen molar-refractivity contribution in [1.29, 1.82) is 0 Å². The number of thioether (sulfide) groups is 1. The Morgan fingerprint density at radius 3 is 2.67 bits per heavy atom. The molecule has 0 aromatic carbocycles. The lowest BCUT2D eigenvalue weighted by molar-refractivity contribution is -0.139. The minimum absolute atomic E-state index is 0.0927. The SMILES string of the molecule is CCS[C@@H]1CCC[C@H]1NC(=O)[C@@H]1CCCN1C(=O)C1CC1. The van der Waals surface area contributed by atoms with E-state index in [2.05, 4.69) is 12.2 Å². The Morgan fingerprint density at radius 2 is 1.95 bits per heavy atom. The van der Waals surface area contributed by atoms with E-state index in [0.717, 1.165) is 44.4 Å². The zero-order chi connectivity index (χ0) is 14.8. The van der Waals surface area contributed by atoms with Gasteiger partial charge in [-0.25, -0.2) is 0 Å². The van der Waals surface area contributed by atoms with Gasteiger partial charge < -0.3 is 10.2 Å². The van der Waals surface area contributed by atoms with Gasteiger partial charge in [-0.15, -0.1) is 0 Å². The minimum Gasteiger partial charge on any atom is -0.350 e. The smallest absolute Gasteiger partial charge is 0.243 e. The van der Waals surface area contributed by atoms with Crippen molar-refractivity contribution in [1.82, 2.24) is 10.2 Å². The van der Waals surface area contributed by atoms with Crippen LogP contribution in [0, 0.1) is 5.92 Å². The van der Waals surface area contributed by atoms with Crippen molar-refractivity contribution >= 4 is 23.6 Å². The van der Waals surface area contributed by atoms with E-state index in [4.69, 9.17) is 0 Å². The number of hydrogen-bond acceptors (Lipinski definition) is 3. The van der Waals surface area contributed by atoms with Crippen molar-refractivity contribution in [3.05, 3.63) is 0 Å². The van der Waals surface area contributed by atoms with Crippen LogP contribution in [0.25, 0.3) is 0 Å². The molecule has 1 aliphatic heterocycles. The molecule has 3 fully saturated rings. The number of nitrogens with one attached hydrogen (secondary N) is 1. The van der Waals surface area contributed by atoms with Gasteiger partial charge in [0.1, 0.15) is 6.04 Å². The normalized spacial score (nSPS) is 32.4. The van der Waals surface area contributed by atoms with Crippen LogP contribution < -0.4 is 5.32 Å². The van der Waals surface area contributed by atoms with Crippen LogP contribution in [0.1, 0.15) is 51.9 Å². The molecular formula is C16H26N2O2S. The fourth-order valence-electron chi connectivity index (χ4n) is 3.65. The van der Waals surface area contributed by atoms with Gasteiger partial charge in [0.2, 0.25) is 11.8 Å². The third kappa shape index (κ3) is 3.38. The first-order valence-electron chi connectivity index (χ1n) is 8.43. The zero-order valence-corrected chi connectivity index (χ0v) is 13.7. The highest BCUT2D eigenvalue weighted by Gasteiger charge is 2.41. The Bertz CT molecular complexity index is 411. The highest BCUT2D eigenvalue weighted by atomic mass is 32.2. The summed E-state index contributed by atoms with van der Waals surface area (Å²) in [5, 5.41) is 3.81. The summed E-state index contributed by atoms with van der Waals surface area (Å²) in [6.07, 6.45) is 7.34. The van der Waals surface area contributed by atoms with Crippen molar-refractivity contribution in [2.24, 2.45) is 5.92 Å². The molecule has 118 valence electrons. The summed E-state index contributed by atoms with van der Waals surface area (Å²) in [5.74, 6) is 1.63. The van der Waals surface area contributed by atoms with Crippen LogP contribution in [0.5, 0.6) is 0 Å². The number of hydrogen-bond donors (Lipinski definition) is 1. The molecule has 2 aliphatic carbocycles. The number of carbonyl (C=O) groups excluding carboxylic acids is 2. The molecule has 3 rings (SSSR count). The van der Waals surface area contributed by atoms with E-state index in [1.54, 1.807) is 0 Å². The van der Waals surface area contributed by atoms with E-state index >= 15 is 0 Å². The van der Waals surface area contributed by atoms with E-state index in [9.17, 15) is 9.59 Å². The summed E-state index contributed by atoms with van der Waals surface area (Å²) in [6, 6.07) is 0.104. The predicted molar refractivity (Wildman–Crippen MR) is 85.2 cm³/mol. The van der Waals surface area contributed by atoms with E-state index in [0.29, 0.717) is 11.3 Å². The summed E-state index contributed by atoms with van der Waals surface area (Å²) < 4.78 is 0. The molecule has 4 nitrogen and oxygen atoms in total. The van der Waals surface area contributed by atoms with E-state index in [1.807, 2.05) is 16.7 Å². The molecule has 0 spiro atoms. The lowest BCUT2D eigenvalue weighted by atomic mass is 10.1. The molecule has 0 aromatic rings. The quantitative estimate of drug-likeness (QED) is 0.847. The Balaban J connectivity index is 1.57. The molecule has 0 unspecified atom stereocenters. The Morgan fingerprint density at radius 1 is 1.14 bits per heavy atom. The number of amides is 2. The van der Waals surface area contributed by atoms with E-state index < -0.39 is 0 Å². The maximum Gasteiger partial charge on any atom is 0.243 e. The van der Waals surface area contributed by atoms with Crippen LogP contribution in [0.3, 0.4) is 0 Å². The largest absolute Gasteiger partial charge is 0.350 e. The average Bonchev–Trinajstić information content (AvgIpc) is 3.04. The van der Waals surface area contributed by atoms with Gasteiger partial charge >= 0.3 is 0 Å². The predicted octanol–water partition coefficient (Wildman–Crippen LogP) is 2.18. The van der Waals surface area contributed by atoms with Crippen LogP contribution in [-0.2, 0) is 9.59 Å². The summed E-state index contributed by atoms with van der Waals surface area (Å²) in [7, 11) is 0. The summed E-state index contributed by atoms with van der Waals surface area (Å²) in [4.78, 5) is 26.7. The first-order valence-corrected chi connectivity index (χ1v) is 9.48. The van der Waals surface area contributed by atoms with Gasteiger partial charge in [0.25, 0.3) is 0 Å². The van der Waals surface area contributed by atoms with Crippen LogP contribution >= 0.6 is 11.8 Å². The Hall–Kier alpha value is -0.710. The fourth-order valence-corrected chi connectivity index (χ4v) is 4.85. The second kappa shape index (κ2) is 6.59. The molecule has 1 N–H and O–H groups in total. The zero-order valence-electron chi connectivity index (χ0n) is 12.8. The molecule has 2 saturated carbocycles. The maximum atomic E-state index is 12.6. The number of carbonyl (C=O) groups is 2. The van der Waals surface area contributed by atoms with Crippen molar-refractivity contribution < 1.29 is 9.59 Å². The average molecular weight is 310 g/mol. The molecule has 3 atom stereocenters. The molecule has 0 bridgehead atoms. The first kappa shape index (κ1) is 15.2. The molecule has 3 aliphatic rings. The van der Waals surface area contributed by atoms with Gasteiger partial charge in [0.05, 0.1) is 0 Å². The van der Waals surface area contributed by atoms with Gasteiger partial charge in [-0.05, 0) is 44.3 Å². The molecule has 21 heavy (non-hydrogen) atoms. The second-order valence-corrected chi connectivity index (χ2v) is 8.02. The van der Waals surface area contributed by atoms with E-state index in [-0.39, 0.29) is 23.8 Å². The number of rotatable bonds is 5. The monoisotopic (exact) mass is 310 g/mol. The highest BCUT2D eigenvalue weighted by Crippen LogP contribution is 2.34. The fraction of sp³-hybridized carbons (Fsp3) is 0.875. The molecule has 2 amide bonds. The standard InChI is InChI=1S/C16H26N2O2S/c1-2-21-14-7-3-5-12(14)17-15(19)13-6-4-10-18(13)16(20)11-8-9-11/h11-14H,2-10H2,1H3,(H,17,19)/t12-,13+,14-/m1/s1. The van der Waals surface area contributed by atoms with Crippen LogP contribution in [0.15, 0.2) is 0 Å². The van der Waals surface area contributed by atoms with Crippen LogP contribution in [-0.4, -0.2) is 46.3 Å². The van der Waals surface area contributed by atoms with Gasteiger partial charge in [-0.2, -0.15) is 11.8 Å². The topological polar surface area (TPSA) is 49.4 Å². The van der Waals surface area contributed by atoms with E-state index in [1.165, 1.54) is 12.8 Å². The second-order valence-electron chi connectivity index (χ2n) is 6.50. The van der Waals surface area contributed by atoms with Crippen molar-refractivity contribution in [2.45, 2.75) is 69.2 Å². The highest BCUT2D eigenvalue weighted by molar-refractivity contribution is 7.99.